The number of rotatable bonds is 6. The average molecular weight is 427 g/mol. The van der Waals surface area contributed by atoms with Crippen LogP contribution in [-0.2, 0) is 14.6 Å². The molecule has 6 nitrogen and oxygen atoms in total. The molecule has 1 amide bonds. The third-order valence-corrected chi connectivity index (χ3v) is 6.48. The Kier molecular flexibility index (Phi) is 5.17. The fourth-order valence-electron chi connectivity index (χ4n) is 3.22. The lowest BCUT2D eigenvalue weighted by molar-refractivity contribution is -0.115. The minimum Gasteiger partial charge on any atom is -0.495 e. The first-order valence-corrected chi connectivity index (χ1v) is 10.8. The molecule has 0 aliphatic heterocycles. The van der Waals surface area contributed by atoms with Crippen LogP contribution in [-0.4, -0.2) is 27.2 Å². The summed E-state index contributed by atoms with van der Waals surface area (Å²) >= 11 is 0. The topological polar surface area (TPSA) is 85.6 Å². The molecule has 0 fully saturated rings. The lowest BCUT2D eigenvalue weighted by Crippen LogP contribution is -2.17. The van der Waals surface area contributed by atoms with Crippen molar-refractivity contribution in [1.82, 2.24) is 0 Å². The van der Waals surface area contributed by atoms with E-state index < -0.39 is 27.3 Å². The van der Waals surface area contributed by atoms with Gasteiger partial charge in [-0.15, -0.1) is 0 Å². The van der Waals surface area contributed by atoms with Crippen molar-refractivity contribution in [3.8, 4) is 5.75 Å². The Labute approximate surface area is 172 Å². The van der Waals surface area contributed by atoms with Crippen molar-refractivity contribution in [3.63, 3.8) is 0 Å². The number of furan rings is 1. The predicted molar refractivity (Wildman–Crippen MR) is 112 cm³/mol. The Hall–Kier alpha value is -3.39. The summed E-state index contributed by atoms with van der Waals surface area (Å²) in [4.78, 5) is 12.4. The van der Waals surface area contributed by atoms with Gasteiger partial charge in [-0.2, -0.15) is 0 Å². The molecular formula is C22H18FNO5S. The number of fused-ring (bicyclic) bond motifs is 3. The molecule has 1 N–H and O–H groups in total. The molecule has 1 heterocycles. The number of methoxy groups -OCH3 is 1. The van der Waals surface area contributed by atoms with Gasteiger partial charge in [0.1, 0.15) is 22.7 Å². The summed E-state index contributed by atoms with van der Waals surface area (Å²) in [5.74, 6) is -0.988. The van der Waals surface area contributed by atoms with Gasteiger partial charge in [-0.3, -0.25) is 4.79 Å². The minimum absolute atomic E-state index is 0.0297. The van der Waals surface area contributed by atoms with Gasteiger partial charge >= 0.3 is 0 Å². The van der Waals surface area contributed by atoms with Crippen molar-refractivity contribution >= 4 is 43.4 Å². The van der Waals surface area contributed by atoms with Crippen LogP contribution < -0.4 is 10.1 Å². The Morgan fingerprint density at radius 2 is 1.77 bits per heavy atom. The van der Waals surface area contributed by atoms with E-state index in [0.717, 1.165) is 22.9 Å². The van der Waals surface area contributed by atoms with Crippen molar-refractivity contribution in [2.24, 2.45) is 0 Å². The lowest BCUT2D eigenvalue weighted by Gasteiger charge is -2.10. The van der Waals surface area contributed by atoms with E-state index in [-0.39, 0.29) is 11.3 Å². The van der Waals surface area contributed by atoms with Crippen molar-refractivity contribution in [2.75, 3.05) is 18.2 Å². The highest BCUT2D eigenvalue weighted by Gasteiger charge is 2.18. The number of carbonyl (C=O) groups is 1. The fraction of sp³-hybridized carbons (Fsp3) is 0.136. The van der Waals surface area contributed by atoms with Crippen LogP contribution in [0.2, 0.25) is 0 Å². The monoisotopic (exact) mass is 427 g/mol. The van der Waals surface area contributed by atoms with Crippen molar-refractivity contribution in [2.45, 2.75) is 11.3 Å². The van der Waals surface area contributed by atoms with E-state index in [9.17, 15) is 17.6 Å². The standard InChI is InChI=1S/C22H18FNO5S/c1-28-21-12-17-16-4-2-3-5-19(16)29-20(17)13-18(21)24-22(25)10-11-30(26,27)15-8-6-14(23)7-9-15/h2-9,12-13H,10-11H2,1H3,(H,24,25). The first kappa shape index (κ1) is 19.9. The first-order valence-electron chi connectivity index (χ1n) is 9.15. The number of halogens is 1. The second-order valence-electron chi connectivity index (χ2n) is 6.72. The SMILES string of the molecule is COc1cc2c(cc1NC(=O)CCS(=O)(=O)c1ccc(F)cc1)oc1ccccc12. The van der Waals surface area contributed by atoms with Crippen LogP contribution in [0.1, 0.15) is 6.42 Å². The van der Waals surface area contributed by atoms with Crippen LogP contribution in [0.4, 0.5) is 10.1 Å². The molecule has 1 aromatic heterocycles. The van der Waals surface area contributed by atoms with E-state index >= 15 is 0 Å². The molecule has 0 saturated heterocycles. The number of carbonyl (C=O) groups excluding carboxylic acids is 1. The number of hydrogen-bond donors (Lipinski definition) is 1. The van der Waals surface area contributed by atoms with E-state index in [1.54, 1.807) is 12.1 Å². The largest absolute Gasteiger partial charge is 0.495 e. The molecule has 30 heavy (non-hydrogen) atoms. The van der Waals surface area contributed by atoms with Gasteiger partial charge in [0, 0.05) is 23.3 Å². The normalized spacial score (nSPS) is 11.7. The van der Waals surface area contributed by atoms with Gasteiger partial charge in [-0.1, -0.05) is 18.2 Å². The number of ether oxygens (including phenoxy) is 1. The molecule has 0 radical (unpaired) electrons. The van der Waals surface area contributed by atoms with Crippen LogP contribution in [0.3, 0.4) is 0 Å². The summed E-state index contributed by atoms with van der Waals surface area (Å²) in [6.07, 6.45) is -0.263. The van der Waals surface area contributed by atoms with Crippen LogP contribution >= 0.6 is 0 Å². The second kappa shape index (κ2) is 7.79. The Morgan fingerprint density at radius 1 is 1.03 bits per heavy atom. The fourth-order valence-corrected chi connectivity index (χ4v) is 4.46. The highest BCUT2D eigenvalue weighted by atomic mass is 32.2. The average Bonchev–Trinajstić information content (AvgIpc) is 3.09. The van der Waals surface area contributed by atoms with Gasteiger partial charge in [0.05, 0.1) is 23.4 Å². The number of para-hydroxylation sites is 1. The summed E-state index contributed by atoms with van der Waals surface area (Å²) in [5.41, 5.74) is 1.67. The van der Waals surface area contributed by atoms with Crippen LogP contribution in [0, 0.1) is 5.82 Å². The second-order valence-corrected chi connectivity index (χ2v) is 8.83. The summed E-state index contributed by atoms with van der Waals surface area (Å²) < 4.78 is 48.9. The van der Waals surface area contributed by atoms with E-state index in [1.165, 1.54) is 19.2 Å². The Morgan fingerprint density at radius 3 is 2.50 bits per heavy atom. The zero-order valence-electron chi connectivity index (χ0n) is 16.0. The van der Waals surface area contributed by atoms with Crippen LogP contribution in [0.5, 0.6) is 5.75 Å². The van der Waals surface area contributed by atoms with Gasteiger partial charge < -0.3 is 14.5 Å². The highest BCUT2D eigenvalue weighted by Crippen LogP contribution is 2.36. The number of hydrogen-bond acceptors (Lipinski definition) is 5. The van der Waals surface area contributed by atoms with E-state index in [2.05, 4.69) is 5.32 Å². The maximum Gasteiger partial charge on any atom is 0.225 e. The quantitative estimate of drug-likeness (QED) is 0.457. The molecular weight excluding hydrogens is 409 g/mol. The summed E-state index contributed by atoms with van der Waals surface area (Å²) in [6, 6.07) is 15.5. The molecule has 8 heteroatoms. The summed E-state index contributed by atoms with van der Waals surface area (Å²) in [7, 11) is -2.23. The number of sulfone groups is 1. The molecule has 3 aromatic carbocycles. The molecule has 154 valence electrons. The third kappa shape index (κ3) is 3.86. The number of amides is 1. The maximum absolute atomic E-state index is 13.0. The summed E-state index contributed by atoms with van der Waals surface area (Å²) in [6.45, 7) is 0. The zero-order chi connectivity index (χ0) is 21.3. The molecule has 0 unspecified atom stereocenters. The highest BCUT2D eigenvalue weighted by molar-refractivity contribution is 7.91. The summed E-state index contributed by atoms with van der Waals surface area (Å²) in [5, 5.41) is 4.45. The van der Waals surface area contributed by atoms with Crippen molar-refractivity contribution in [3.05, 3.63) is 66.5 Å². The predicted octanol–water partition coefficient (Wildman–Crippen LogP) is 4.54. The maximum atomic E-state index is 13.0. The molecule has 0 aliphatic rings. The number of benzene rings is 3. The van der Waals surface area contributed by atoms with Crippen LogP contribution in [0.25, 0.3) is 21.9 Å². The van der Waals surface area contributed by atoms with Gasteiger partial charge in [0.2, 0.25) is 5.91 Å². The zero-order valence-corrected chi connectivity index (χ0v) is 16.8. The molecule has 0 aliphatic carbocycles. The Bertz CT molecular complexity index is 1340. The molecule has 4 aromatic rings. The molecule has 0 saturated carbocycles. The molecule has 0 spiro atoms. The van der Waals surface area contributed by atoms with Gasteiger partial charge in [-0.25, -0.2) is 12.8 Å². The molecule has 4 rings (SSSR count). The Balaban J connectivity index is 1.53. The minimum atomic E-state index is -3.71. The number of nitrogens with one attached hydrogen (secondary N) is 1. The smallest absolute Gasteiger partial charge is 0.225 e. The van der Waals surface area contributed by atoms with Crippen LogP contribution in [0.15, 0.2) is 70.0 Å². The lowest BCUT2D eigenvalue weighted by atomic mass is 10.1. The van der Waals surface area contributed by atoms with Crippen molar-refractivity contribution in [1.29, 1.82) is 0 Å². The third-order valence-electron chi connectivity index (χ3n) is 4.74. The molecule has 0 atom stereocenters. The molecule has 0 bridgehead atoms. The first-order chi connectivity index (χ1) is 14.4. The number of anilines is 1. The van der Waals surface area contributed by atoms with E-state index in [1.807, 2.05) is 24.3 Å². The van der Waals surface area contributed by atoms with Crippen molar-refractivity contribution < 1.29 is 26.8 Å². The van der Waals surface area contributed by atoms with E-state index in [4.69, 9.17) is 9.15 Å². The van der Waals surface area contributed by atoms with Gasteiger partial charge in [-0.05, 0) is 36.4 Å². The van der Waals surface area contributed by atoms with E-state index in [0.29, 0.717) is 22.6 Å². The van der Waals surface area contributed by atoms with Gasteiger partial charge in [0.25, 0.3) is 0 Å². The van der Waals surface area contributed by atoms with Gasteiger partial charge in [0.15, 0.2) is 9.84 Å².